The van der Waals surface area contributed by atoms with Gasteiger partial charge in [-0.2, -0.15) is 0 Å². The van der Waals surface area contributed by atoms with E-state index in [1.807, 2.05) is 13.8 Å². The van der Waals surface area contributed by atoms with Crippen LogP contribution in [0, 0.1) is 11.8 Å². The smallest absolute Gasteiger partial charge is 0.308 e. The van der Waals surface area contributed by atoms with Crippen molar-refractivity contribution in [1.29, 1.82) is 0 Å². The first kappa shape index (κ1) is 12.0. The first-order valence-corrected chi connectivity index (χ1v) is 5.55. The van der Waals surface area contributed by atoms with E-state index in [4.69, 9.17) is 5.11 Å². The summed E-state index contributed by atoms with van der Waals surface area (Å²) in [7, 11) is 0. The van der Waals surface area contributed by atoms with Crippen molar-refractivity contribution in [2.75, 3.05) is 0 Å². The number of amides is 1. The molecule has 2 atom stereocenters. The molecule has 1 aliphatic carbocycles. The molecule has 0 aromatic rings. The zero-order chi connectivity index (χ0) is 11.4. The van der Waals surface area contributed by atoms with Crippen LogP contribution < -0.4 is 5.32 Å². The Balaban J connectivity index is 2.57. The number of carbonyl (C=O) groups excluding carboxylic acids is 1. The fraction of sp³-hybridized carbons (Fsp3) is 0.818. The van der Waals surface area contributed by atoms with E-state index >= 15 is 0 Å². The maximum absolute atomic E-state index is 11.5. The molecule has 4 heteroatoms. The van der Waals surface area contributed by atoms with Gasteiger partial charge in [-0.15, -0.1) is 0 Å². The highest BCUT2D eigenvalue weighted by atomic mass is 16.4. The number of carboxylic acid groups (broad SMARTS) is 1. The highest BCUT2D eigenvalue weighted by Gasteiger charge is 2.31. The molecule has 0 heterocycles. The van der Waals surface area contributed by atoms with Crippen LogP contribution in [0.5, 0.6) is 0 Å². The van der Waals surface area contributed by atoms with Crippen LogP contribution in [0.3, 0.4) is 0 Å². The van der Waals surface area contributed by atoms with Crippen LogP contribution in [0.1, 0.15) is 39.5 Å². The topological polar surface area (TPSA) is 66.4 Å². The molecule has 1 amide bonds. The van der Waals surface area contributed by atoms with Crippen LogP contribution in [0.25, 0.3) is 0 Å². The van der Waals surface area contributed by atoms with Crippen molar-refractivity contribution < 1.29 is 14.7 Å². The number of carboxylic acids is 1. The second-order valence-corrected chi connectivity index (χ2v) is 4.50. The molecule has 0 spiro atoms. The zero-order valence-corrected chi connectivity index (χ0v) is 9.32. The molecule has 0 aliphatic heterocycles. The van der Waals surface area contributed by atoms with E-state index in [1.165, 1.54) is 0 Å². The Morgan fingerprint density at radius 1 is 1.27 bits per heavy atom. The van der Waals surface area contributed by atoms with Gasteiger partial charge in [0.15, 0.2) is 0 Å². The Morgan fingerprint density at radius 2 is 1.87 bits per heavy atom. The first-order valence-electron chi connectivity index (χ1n) is 5.55. The first-order chi connectivity index (χ1) is 7.02. The summed E-state index contributed by atoms with van der Waals surface area (Å²) in [6, 6.07) is -0.175. The third-order valence-corrected chi connectivity index (χ3v) is 2.94. The van der Waals surface area contributed by atoms with Gasteiger partial charge in [0.25, 0.3) is 0 Å². The Hall–Kier alpha value is -1.06. The third-order valence-electron chi connectivity index (χ3n) is 2.94. The largest absolute Gasteiger partial charge is 0.481 e. The highest BCUT2D eigenvalue weighted by molar-refractivity contribution is 5.79. The van der Waals surface area contributed by atoms with Crippen molar-refractivity contribution in [3.63, 3.8) is 0 Å². The number of carbonyl (C=O) groups is 2. The fourth-order valence-corrected chi connectivity index (χ4v) is 1.95. The van der Waals surface area contributed by atoms with Crippen LogP contribution in [-0.4, -0.2) is 23.0 Å². The van der Waals surface area contributed by atoms with Gasteiger partial charge in [0, 0.05) is 12.0 Å². The van der Waals surface area contributed by atoms with Gasteiger partial charge in [0.05, 0.1) is 5.92 Å². The zero-order valence-electron chi connectivity index (χ0n) is 9.32. The Morgan fingerprint density at radius 3 is 2.40 bits per heavy atom. The van der Waals surface area contributed by atoms with Gasteiger partial charge >= 0.3 is 5.97 Å². The minimum Gasteiger partial charge on any atom is -0.481 e. The molecule has 2 N–H and O–H groups in total. The average molecular weight is 213 g/mol. The van der Waals surface area contributed by atoms with Crippen LogP contribution in [0.2, 0.25) is 0 Å². The van der Waals surface area contributed by atoms with Crippen LogP contribution in [-0.2, 0) is 9.59 Å². The lowest BCUT2D eigenvalue weighted by molar-refractivity contribution is -0.144. The fourth-order valence-electron chi connectivity index (χ4n) is 1.95. The van der Waals surface area contributed by atoms with E-state index in [-0.39, 0.29) is 17.9 Å². The van der Waals surface area contributed by atoms with E-state index in [0.717, 1.165) is 19.3 Å². The van der Waals surface area contributed by atoms with Crippen LogP contribution >= 0.6 is 0 Å². The van der Waals surface area contributed by atoms with E-state index in [2.05, 4.69) is 5.32 Å². The van der Waals surface area contributed by atoms with E-state index < -0.39 is 11.9 Å². The molecule has 4 nitrogen and oxygen atoms in total. The lowest BCUT2D eigenvalue weighted by Gasteiger charge is -2.29. The maximum atomic E-state index is 11.5. The normalized spacial score (nSPS) is 26.3. The van der Waals surface area contributed by atoms with Crippen molar-refractivity contribution in [3.8, 4) is 0 Å². The van der Waals surface area contributed by atoms with Crippen molar-refractivity contribution in [3.05, 3.63) is 0 Å². The molecule has 1 fully saturated rings. The van der Waals surface area contributed by atoms with Gasteiger partial charge in [-0.25, -0.2) is 0 Å². The molecular weight excluding hydrogens is 194 g/mol. The van der Waals surface area contributed by atoms with Gasteiger partial charge in [-0.1, -0.05) is 26.7 Å². The van der Waals surface area contributed by atoms with Crippen LogP contribution in [0.4, 0.5) is 0 Å². The highest BCUT2D eigenvalue weighted by Crippen LogP contribution is 2.24. The molecule has 1 saturated carbocycles. The Bertz CT molecular complexity index is 250. The SMILES string of the molecule is CC(C)C(=O)N[C@@H]1CCCC[C@H]1C(=O)O. The third kappa shape index (κ3) is 3.22. The summed E-state index contributed by atoms with van der Waals surface area (Å²) in [6.07, 6.45) is 3.42. The van der Waals surface area contributed by atoms with Crippen LogP contribution in [0.15, 0.2) is 0 Å². The quantitative estimate of drug-likeness (QED) is 0.744. The summed E-state index contributed by atoms with van der Waals surface area (Å²) in [5.41, 5.74) is 0. The molecule has 86 valence electrons. The summed E-state index contributed by atoms with van der Waals surface area (Å²) in [5.74, 6) is -1.32. The van der Waals surface area contributed by atoms with Crippen molar-refractivity contribution in [1.82, 2.24) is 5.32 Å². The second kappa shape index (κ2) is 5.14. The van der Waals surface area contributed by atoms with Crippen molar-refractivity contribution >= 4 is 11.9 Å². The van der Waals surface area contributed by atoms with E-state index in [9.17, 15) is 9.59 Å². The summed E-state index contributed by atoms with van der Waals surface area (Å²) in [4.78, 5) is 22.4. The standard InChI is InChI=1S/C11H19NO3/c1-7(2)10(13)12-9-6-4-3-5-8(9)11(14)15/h7-9H,3-6H2,1-2H3,(H,12,13)(H,14,15)/t8-,9-/m1/s1. The summed E-state index contributed by atoms with van der Waals surface area (Å²) < 4.78 is 0. The number of aliphatic carboxylic acids is 1. The lowest BCUT2D eigenvalue weighted by atomic mass is 9.84. The maximum Gasteiger partial charge on any atom is 0.308 e. The van der Waals surface area contributed by atoms with Gasteiger partial charge in [-0.3, -0.25) is 9.59 Å². The molecule has 0 radical (unpaired) electrons. The number of nitrogens with one attached hydrogen (secondary N) is 1. The van der Waals surface area contributed by atoms with Gasteiger partial charge in [0.1, 0.15) is 0 Å². The second-order valence-electron chi connectivity index (χ2n) is 4.50. The molecule has 0 saturated heterocycles. The number of rotatable bonds is 3. The molecule has 0 aromatic heterocycles. The molecule has 1 aliphatic rings. The number of hydrogen-bond donors (Lipinski definition) is 2. The van der Waals surface area contributed by atoms with E-state index in [0.29, 0.717) is 6.42 Å². The predicted octanol–water partition coefficient (Wildman–Crippen LogP) is 1.40. The summed E-state index contributed by atoms with van der Waals surface area (Å²) in [5, 5.41) is 11.8. The predicted molar refractivity (Wildman–Crippen MR) is 56.4 cm³/mol. The molecule has 0 bridgehead atoms. The molecule has 15 heavy (non-hydrogen) atoms. The lowest BCUT2D eigenvalue weighted by Crippen LogP contribution is -2.46. The van der Waals surface area contributed by atoms with Gasteiger partial charge < -0.3 is 10.4 Å². The number of hydrogen-bond acceptors (Lipinski definition) is 2. The molecule has 0 unspecified atom stereocenters. The minimum absolute atomic E-state index is 0.0480. The minimum atomic E-state index is -0.788. The molecule has 0 aromatic carbocycles. The van der Waals surface area contributed by atoms with E-state index in [1.54, 1.807) is 0 Å². The monoisotopic (exact) mass is 213 g/mol. The summed E-state index contributed by atoms with van der Waals surface area (Å²) in [6.45, 7) is 3.63. The van der Waals surface area contributed by atoms with Crippen molar-refractivity contribution in [2.45, 2.75) is 45.6 Å². The Kier molecular flexibility index (Phi) is 4.12. The van der Waals surface area contributed by atoms with Gasteiger partial charge in [-0.05, 0) is 12.8 Å². The average Bonchev–Trinajstić information content (AvgIpc) is 2.18. The Labute approximate surface area is 90.0 Å². The van der Waals surface area contributed by atoms with Gasteiger partial charge in [0.2, 0.25) is 5.91 Å². The molecular formula is C11H19NO3. The molecule has 1 rings (SSSR count). The summed E-state index contributed by atoms with van der Waals surface area (Å²) >= 11 is 0. The van der Waals surface area contributed by atoms with Crippen molar-refractivity contribution in [2.24, 2.45) is 11.8 Å².